The summed E-state index contributed by atoms with van der Waals surface area (Å²) in [4.78, 5) is 21.5. The van der Waals surface area contributed by atoms with Crippen molar-refractivity contribution in [3.63, 3.8) is 0 Å². The van der Waals surface area contributed by atoms with E-state index in [1.54, 1.807) is 0 Å². The summed E-state index contributed by atoms with van der Waals surface area (Å²) in [6, 6.07) is 18.1. The maximum Gasteiger partial charge on any atom is 0.307 e. The highest BCUT2D eigenvalue weighted by Gasteiger charge is 2.35. The van der Waals surface area contributed by atoms with Crippen LogP contribution in [0.1, 0.15) is 54.2 Å². The van der Waals surface area contributed by atoms with Gasteiger partial charge in [0, 0.05) is 29.2 Å². The number of carboxylic acid groups (broad SMARTS) is 1. The molecule has 0 aliphatic heterocycles. The Balaban J connectivity index is 1.52. The van der Waals surface area contributed by atoms with E-state index in [1.807, 2.05) is 55.6 Å². The van der Waals surface area contributed by atoms with Gasteiger partial charge in [0.05, 0.1) is 22.6 Å². The third kappa shape index (κ3) is 5.25. The van der Waals surface area contributed by atoms with Crippen LogP contribution in [-0.2, 0) is 17.9 Å². The maximum atomic E-state index is 12.1. The van der Waals surface area contributed by atoms with Crippen molar-refractivity contribution in [3.8, 4) is 5.75 Å². The summed E-state index contributed by atoms with van der Waals surface area (Å²) < 4.78 is 9.28. The van der Waals surface area contributed by atoms with Crippen LogP contribution in [0.25, 0.3) is 11.0 Å². The van der Waals surface area contributed by atoms with Crippen molar-refractivity contribution in [1.29, 1.82) is 0 Å². The predicted octanol–water partition coefficient (Wildman–Crippen LogP) is 6.49. The number of rotatable bonds is 7. The van der Waals surface area contributed by atoms with Crippen LogP contribution >= 0.6 is 15.9 Å². The summed E-state index contributed by atoms with van der Waals surface area (Å²) in [5.74, 6) is 0.346. The van der Waals surface area contributed by atoms with Crippen LogP contribution < -0.4 is 4.74 Å². The highest BCUT2D eigenvalue weighted by Crippen LogP contribution is 2.39. The lowest BCUT2D eigenvalue weighted by Gasteiger charge is -2.28. The zero-order valence-corrected chi connectivity index (χ0v) is 21.2. The number of hydrogen-bond donors (Lipinski definition) is 1. The van der Waals surface area contributed by atoms with E-state index >= 15 is 0 Å². The van der Waals surface area contributed by atoms with Gasteiger partial charge in [-0.1, -0.05) is 47.0 Å². The topological polar surface area (TPSA) is 77.2 Å². The fraction of sp³-hybridized carbons (Fsp3) is 0.321. The normalized spacial score (nSPS) is 18.0. The van der Waals surface area contributed by atoms with Crippen LogP contribution in [-0.4, -0.2) is 25.6 Å². The zero-order valence-electron chi connectivity index (χ0n) is 19.7. The number of hydrogen-bond acceptors (Lipinski definition) is 4. The molecule has 2 heterocycles. The Hall–Kier alpha value is -3.19. The van der Waals surface area contributed by atoms with Crippen LogP contribution in [0.2, 0.25) is 0 Å². The number of aliphatic carboxylic acids is 1. The summed E-state index contributed by atoms with van der Waals surface area (Å²) in [6.45, 7) is 3.01. The first kappa shape index (κ1) is 23.5. The Morgan fingerprint density at radius 2 is 1.91 bits per heavy atom. The molecule has 0 amide bonds. The standard InChI is InChI=1S/C28H28BrN3O3/c1-18-6-11-21(30-15-18)17-35-22-12-13-25-26(14-22)32(16-19-7-9-20(29)10-8-19)27(31-25)23-4-2-3-5-24(23)28(33)34/h6-15,23-24H,2-5,16-17H2,1H3,(H,33,34)/t23?,24-/m1/s1. The highest BCUT2D eigenvalue weighted by molar-refractivity contribution is 9.10. The summed E-state index contributed by atoms with van der Waals surface area (Å²) in [5, 5.41) is 9.93. The smallest absolute Gasteiger partial charge is 0.307 e. The van der Waals surface area contributed by atoms with E-state index in [1.165, 1.54) is 0 Å². The second kappa shape index (κ2) is 10.2. The van der Waals surface area contributed by atoms with E-state index in [9.17, 15) is 9.90 Å². The number of pyridine rings is 1. The van der Waals surface area contributed by atoms with E-state index in [4.69, 9.17) is 9.72 Å². The molecule has 1 unspecified atom stereocenters. The Bertz CT molecular complexity index is 1330. The molecular formula is C28H28BrN3O3. The summed E-state index contributed by atoms with van der Waals surface area (Å²) in [5.41, 5.74) is 4.92. The molecule has 6 nitrogen and oxygen atoms in total. The van der Waals surface area contributed by atoms with E-state index in [2.05, 4.69) is 37.6 Å². The highest BCUT2D eigenvalue weighted by atomic mass is 79.9. The zero-order chi connectivity index (χ0) is 24.4. The monoisotopic (exact) mass is 533 g/mol. The molecule has 0 saturated heterocycles. The van der Waals surface area contributed by atoms with E-state index in [0.29, 0.717) is 19.6 Å². The average molecular weight is 534 g/mol. The van der Waals surface area contributed by atoms with Gasteiger partial charge in [-0.2, -0.15) is 0 Å². The predicted molar refractivity (Wildman–Crippen MR) is 139 cm³/mol. The first-order valence-electron chi connectivity index (χ1n) is 12.0. The molecule has 7 heteroatoms. The van der Waals surface area contributed by atoms with Gasteiger partial charge in [-0.15, -0.1) is 0 Å². The number of carbonyl (C=O) groups is 1. The third-order valence-electron chi connectivity index (χ3n) is 6.78. The second-order valence-corrected chi connectivity index (χ2v) is 10.2. The molecule has 1 N–H and O–H groups in total. The molecule has 2 atom stereocenters. The van der Waals surface area contributed by atoms with Crippen molar-refractivity contribution in [1.82, 2.24) is 14.5 Å². The lowest BCUT2D eigenvalue weighted by Crippen LogP contribution is -2.27. The molecule has 2 aromatic heterocycles. The number of benzene rings is 2. The van der Waals surface area contributed by atoms with Crippen molar-refractivity contribution >= 4 is 32.9 Å². The van der Waals surface area contributed by atoms with Crippen LogP contribution in [0.15, 0.2) is 65.3 Å². The first-order valence-corrected chi connectivity index (χ1v) is 12.8. The molecule has 180 valence electrons. The van der Waals surface area contributed by atoms with Gasteiger partial charge in [-0.3, -0.25) is 9.78 Å². The van der Waals surface area contributed by atoms with Crippen molar-refractivity contribution in [2.45, 2.75) is 51.7 Å². The number of aromatic nitrogens is 3. The summed E-state index contributed by atoms with van der Waals surface area (Å²) in [6.07, 6.45) is 5.34. The SMILES string of the molecule is Cc1ccc(COc2ccc3nc(C4CCCC[C@H]4C(=O)O)n(Cc4ccc(Br)cc4)c3c2)nc1. The molecule has 1 aliphatic carbocycles. The minimum Gasteiger partial charge on any atom is -0.487 e. The van der Waals surface area contributed by atoms with Crippen LogP contribution in [0.3, 0.4) is 0 Å². The summed E-state index contributed by atoms with van der Waals surface area (Å²) >= 11 is 3.51. The maximum absolute atomic E-state index is 12.1. The van der Waals surface area contributed by atoms with Crippen LogP contribution in [0.5, 0.6) is 5.75 Å². The molecule has 0 spiro atoms. The van der Waals surface area contributed by atoms with Gasteiger partial charge in [0.1, 0.15) is 18.2 Å². The Morgan fingerprint density at radius 3 is 2.66 bits per heavy atom. The van der Waals surface area contributed by atoms with Crippen molar-refractivity contribution in [2.75, 3.05) is 0 Å². The van der Waals surface area contributed by atoms with Crippen LogP contribution in [0, 0.1) is 12.8 Å². The molecule has 4 aromatic rings. The number of ether oxygens (including phenoxy) is 1. The minimum absolute atomic E-state index is 0.106. The number of nitrogens with zero attached hydrogens (tertiary/aromatic N) is 3. The molecule has 35 heavy (non-hydrogen) atoms. The molecule has 1 saturated carbocycles. The number of imidazole rings is 1. The molecule has 0 radical (unpaired) electrons. The van der Waals surface area contributed by atoms with Gasteiger partial charge in [0.2, 0.25) is 0 Å². The molecule has 1 fully saturated rings. The van der Waals surface area contributed by atoms with Gasteiger partial charge in [-0.05, 0) is 61.2 Å². The second-order valence-electron chi connectivity index (χ2n) is 9.28. The fourth-order valence-corrected chi connectivity index (χ4v) is 5.17. The largest absolute Gasteiger partial charge is 0.487 e. The number of fused-ring (bicyclic) bond motifs is 1. The average Bonchev–Trinajstić information content (AvgIpc) is 3.22. The van der Waals surface area contributed by atoms with Crippen molar-refractivity contribution < 1.29 is 14.6 Å². The number of aryl methyl sites for hydroxylation is 1. The Labute approximate surface area is 213 Å². The lowest BCUT2D eigenvalue weighted by atomic mass is 9.78. The first-order chi connectivity index (χ1) is 17.0. The lowest BCUT2D eigenvalue weighted by molar-refractivity contribution is -0.143. The van der Waals surface area contributed by atoms with Crippen LogP contribution in [0.4, 0.5) is 0 Å². The quantitative estimate of drug-likeness (QED) is 0.293. The van der Waals surface area contributed by atoms with Crippen molar-refractivity contribution in [2.24, 2.45) is 5.92 Å². The van der Waals surface area contributed by atoms with E-state index in [-0.39, 0.29) is 5.92 Å². The number of halogens is 1. The van der Waals surface area contributed by atoms with E-state index in [0.717, 1.165) is 63.2 Å². The molecule has 1 aliphatic rings. The molecule has 5 rings (SSSR count). The van der Waals surface area contributed by atoms with E-state index < -0.39 is 11.9 Å². The molecule has 0 bridgehead atoms. The Kier molecular flexibility index (Phi) is 6.86. The van der Waals surface area contributed by atoms with Gasteiger partial charge in [-0.25, -0.2) is 4.98 Å². The van der Waals surface area contributed by atoms with Crippen molar-refractivity contribution in [3.05, 3.63) is 87.9 Å². The van der Waals surface area contributed by atoms with Gasteiger partial charge < -0.3 is 14.4 Å². The number of carboxylic acids is 1. The third-order valence-corrected chi connectivity index (χ3v) is 7.31. The minimum atomic E-state index is -0.730. The molecular weight excluding hydrogens is 506 g/mol. The summed E-state index contributed by atoms with van der Waals surface area (Å²) in [7, 11) is 0. The van der Waals surface area contributed by atoms with Gasteiger partial charge >= 0.3 is 5.97 Å². The fourth-order valence-electron chi connectivity index (χ4n) is 4.91. The Morgan fingerprint density at radius 1 is 1.11 bits per heavy atom. The van der Waals surface area contributed by atoms with Gasteiger partial charge in [0.25, 0.3) is 0 Å². The molecule has 2 aromatic carbocycles. The van der Waals surface area contributed by atoms with Gasteiger partial charge in [0.15, 0.2) is 0 Å².